The van der Waals surface area contributed by atoms with Crippen LogP contribution in [0.5, 0.6) is 0 Å². The van der Waals surface area contributed by atoms with E-state index in [0.29, 0.717) is 0 Å². The quantitative estimate of drug-likeness (QED) is 0.498. The van der Waals surface area contributed by atoms with Gasteiger partial charge in [-0.2, -0.15) is 0 Å². The van der Waals surface area contributed by atoms with Crippen LogP contribution in [0.3, 0.4) is 0 Å². The van der Waals surface area contributed by atoms with Gasteiger partial charge in [0.15, 0.2) is 0 Å². The first kappa shape index (κ1) is 17.2. The molecule has 0 saturated heterocycles. The normalized spacial score (nSPS) is 28.8. The van der Waals surface area contributed by atoms with Crippen molar-refractivity contribution in [1.29, 1.82) is 0 Å². The Bertz CT molecular complexity index is 258. The third-order valence-electron chi connectivity index (χ3n) is 6.48. The van der Waals surface area contributed by atoms with Crippen LogP contribution in [0.1, 0.15) is 78.1 Å². The van der Waals surface area contributed by atoms with Crippen LogP contribution in [-0.2, 0) is 0 Å². The van der Waals surface area contributed by atoms with Crippen LogP contribution in [0, 0.1) is 0 Å². The van der Waals surface area contributed by atoms with E-state index < -0.39 is 0 Å². The molecule has 2 saturated carbocycles. The van der Waals surface area contributed by atoms with Gasteiger partial charge in [0.05, 0.1) is 0 Å². The molecule has 0 amide bonds. The lowest BCUT2D eigenvalue weighted by Gasteiger charge is -2.43. The summed E-state index contributed by atoms with van der Waals surface area (Å²) < 4.78 is 0. The highest BCUT2D eigenvalue weighted by atomic mass is 31.1. The van der Waals surface area contributed by atoms with Gasteiger partial charge in [-0.3, -0.25) is 0 Å². The molecule has 0 radical (unpaired) electrons. The van der Waals surface area contributed by atoms with E-state index in [1.807, 2.05) is 0 Å². The van der Waals surface area contributed by atoms with Crippen molar-refractivity contribution in [3.8, 4) is 0 Å². The van der Waals surface area contributed by atoms with Crippen molar-refractivity contribution in [2.24, 2.45) is 0 Å². The third-order valence-corrected chi connectivity index (χ3v) is 13.2. The van der Waals surface area contributed by atoms with Crippen LogP contribution in [0.2, 0.25) is 0 Å². The van der Waals surface area contributed by atoms with E-state index in [2.05, 4.69) is 27.2 Å². The maximum Gasteiger partial charge on any atom is -0.0125 e. The molecule has 0 aliphatic heterocycles. The molecule has 0 spiro atoms. The van der Waals surface area contributed by atoms with Crippen LogP contribution < -0.4 is 0 Å². The van der Waals surface area contributed by atoms with Gasteiger partial charge in [-0.15, -0.1) is 15.8 Å². The zero-order valence-corrected chi connectivity index (χ0v) is 16.2. The first-order valence-electron chi connectivity index (χ1n) is 8.89. The van der Waals surface area contributed by atoms with Gasteiger partial charge < -0.3 is 0 Å². The van der Waals surface area contributed by atoms with Crippen molar-refractivity contribution < 1.29 is 0 Å². The summed E-state index contributed by atoms with van der Waals surface area (Å²) in [6.45, 7) is 10.5. The lowest BCUT2D eigenvalue weighted by Crippen LogP contribution is -2.29. The van der Waals surface area contributed by atoms with Crippen LogP contribution >= 0.6 is 15.8 Å². The molecule has 0 heterocycles. The van der Waals surface area contributed by atoms with Gasteiger partial charge in [-0.25, -0.2) is 0 Å². The van der Waals surface area contributed by atoms with E-state index in [1.54, 1.807) is 12.3 Å². The molecule has 0 N–H and O–H groups in total. The standard InChI is InChI=1S/C18H36P2/c1-17(11-7-5-8-12-17)19(3)15-16-20(4)18(2)13-9-6-10-14-18/h5-16H2,1-4H3. The molecule has 0 aromatic rings. The molecule has 0 bridgehead atoms. The summed E-state index contributed by atoms with van der Waals surface area (Å²) in [5.74, 6) is 0. The molecule has 2 fully saturated rings. The van der Waals surface area contributed by atoms with E-state index >= 15 is 0 Å². The molecule has 0 aromatic heterocycles. The average molecular weight is 314 g/mol. The second-order valence-corrected chi connectivity index (χ2v) is 13.8. The minimum atomic E-state index is 0.259. The van der Waals surface area contributed by atoms with E-state index in [1.165, 1.54) is 64.2 Å². The molecular weight excluding hydrogens is 278 g/mol. The van der Waals surface area contributed by atoms with Gasteiger partial charge >= 0.3 is 0 Å². The van der Waals surface area contributed by atoms with Crippen LogP contribution in [0.15, 0.2) is 0 Å². The van der Waals surface area contributed by atoms with E-state index in [-0.39, 0.29) is 15.8 Å². The van der Waals surface area contributed by atoms with E-state index in [9.17, 15) is 0 Å². The van der Waals surface area contributed by atoms with Gasteiger partial charge in [0, 0.05) is 0 Å². The predicted octanol–water partition coefficient (Wildman–Crippen LogP) is 6.66. The highest BCUT2D eigenvalue weighted by Gasteiger charge is 2.35. The van der Waals surface area contributed by atoms with Gasteiger partial charge in [0.2, 0.25) is 0 Å². The number of rotatable bonds is 5. The second-order valence-electron chi connectivity index (χ2n) is 7.96. The molecule has 2 unspecified atom stereocenters. The van der Waals surface area contributed by atoms with Crippen LogP contribution in [-0.4, -0.2) is 36.0 Å². The summed E-state index contributed by atoms with van der Waals surface area (Å²) >= 11 is 0. The molecule has 2 atom stereocenters. The van der Waals surface area contributed by atoms with E-state index in [0.717, 1.165) is 10.3 Å². The summed E-state index contributed by atoms with van der Waals surface area (Å²) in [4.78, 5) is 0. The summed E-state index contributed by atoms with van der Waals surface area (Å²) in [6.07, 6.45) is 18.2. The second kappa shape index (κ2) is 7.42. The molecule has 2 heteroatoms. The Morgan fingerprint density at radius 2 is 0.900 bits per heavy atom. The van der Waals surface area contributed by atoms with Crippen molar-refractivity contribution in [2.45, 2.75) is 88.4 Å². The maximum absolute atomic E-state index is 2.62. The number of hydrogen-bond donors (Lipinski definition) is 0. The molecule has 20 heavy (non-hydrogen) atoms. The third kappa shape index (κ3) is 4.20. The topological polar surface area (TPSA) is 0 Å². The Morgan fingerprint density at radius 1 is 0.600 bits per heavy atom. The van der Waals surface area contributed by atoms with Gasteiger partial charge in [-0.1, -0.05) is 52.4 Å². The van der Waals surface area contributed by atoms with Crippen molar-refractivity contribution >= 4 is 15.8 Å². The Hall–Kier alpha value is 0.860. The fraction of sp³-hybridized carbons (Fsp3) is 1.00. The molecule has 0 aromatic carbocycles. The fourth-order valence-electron chi connectivity index (χ4n) is 4.23. The zero-order chi connectivity index (χ0) is 14.6. The zero-order valence-electron chi connectivity index (χ0n) is 14.4. The lowest BCUT2D eigenvalue weighted by molar-refractivity contribution is 0.413. The molecule has 2 rings (SSSR count). The lowest BCUT2D eigenvalue weighted by atomic mass is 9.90. The SMILES string of the molecule is CP(CCP(C)C1(C)CCCCC1)C1(C)CCCCC1. The predicted molar refractivity (Wildman–Crippen MR) is 98.4 cm³/mol. The highest BCUT2D eigenvalue weighted by Crippen LogP contribution is 2.59. The monoisotopic (exact) mass is 314 g/mol. The van der Waals surface area contributed by atoms with Crippen LogP contribution in [0.25, 0.3) is 0 Å². The fourth-order valence-corrected chi connectivity index (χ4v) is 9.87. The molecule has 0 nitrogen and oxygen atoms in total. The summed E-state index contributed by atoms with van der Waals surface area (Å²) in [7, 11) is 0.519. The Balaban J connectivity index is 1.81. The minimum absolute atomic E-state index is 0.259. The van der Waals surface area contributed by atoms with Crippen molar-refractivity contribution in [3.63, 3.8) is 0 Å². The highest BCUT2D eigenvalue weighted by molar-refractivity contribution is 7.62. The molecule has 118 valence electrons. The van der Waals surface area contributed by atoms with Crippen LogP contribution in [0.4, 0.5) is 0 Å². The van der Waals surface area contributed by atoms with Gasteiger partial charge in [-0.05, 0) is 61.6 Å². The van der Waals surface area contributed by atoms with Crippen molar-refractivity contribution in [1.82, 2.24) is 0 Å². The van der Waals surface area contributed by atoms with Crippen molar-refractivity contribution in [2.75, 3.05) is 25.7 Å². The van der Waals surface area contributed by atoms with Gasteiger partial charge in [0.25, 0.3) is 0 Å². The summed E-state index contributed by atoms with van der Waals surface area (Å²) in [6, 6.07) is 0. The Kier molecular flexibility index (Phi) is 6.39. The van der Waals surface area contributed by atoms with Crippen molar-refractivity contribution in [3.05, 3.63) is 0 Å². The average Bonchev–Trinajstić information content (AvgIpc) is 2.46. The smallest absolute Gasteiger partial charge is 0.0125 e. The van der Waals surface area contributed by atoms with E-state index in [4.69, 9.17) is 0 Å². The summed E-state index contributed by atoms with van der Waals surface area (Å²) in [5.41, 5.74) is 0. The maximum atomic E-state index is 2.62. The minimum Gasteiger partial charge on any atom is -0.103 e. The number of hydrogen-bond acceptors (Lipinski definition) is 0. The largest absolute Gasteiger partial charge is 0.103 e. The summed E-state index contributed by atoms with van der Waals surface area (Å²) in [5, 5.41) is 1.47. The Morgan fingerprint density at radius 3 is 1.20 bits per heavy atom. The molecule has 2 aliphatic rings. The Labute approximate surface area is 130 Å². The first-order chi connectivity index (χ1) is 9.46. The van der Waals surface area contributed by atoms with Gasteiger partial charge in [0.1, 0.15) is 0 Å². The first-order valence-corrected chi connectivity index (χ1v) is 12.8. The molecular formula is C18H36P2. The molecule has 2 aliphatic carbocycles.